The van der Waals surface area contributed by atoms with Crippen molar-refractivity contribution in [3.63, 3.8) is 0 Å². The molecule has 0 aliphatic rings. The number of aromatic nitrogens is 5. The van der Waals surface area contributed by atoms with Gasteiger partial charge in [0.15, 0.2) is 22.9 Å². The number of halogens is 1. The molecule has 0 bridgehead atoms. The molecule has 9 nitrogen and oxygen atoms in total. The molecule has 5 rings (SSSR count). The van der Waals surface area contributed by atoms with Crippen LogP contribution in [0, 0.1) is 12.7 Å². The third-order valence-electron chi connectivity index (χ3n) is 5.34. The van der Waals surface area contributed by atoms with Crippen molar-refractivity contribution in [1.82, 2.24) is 24.7 Å². The van der Waals surface area contributed by atoms with E-state index >= 15 is 0 Å². The van der Waals surface area contributed by atoms with Gasteiger partial charge in [0.1, 0.15) is 5.75 Å². The molecule has 5 aromatic rings. The quantitative estimate of drug-likeness (QED) is 0.387. The fourth-order valence-corrected chi connectivity index (χ4v) is 3.63. The van der Waals surface area contributed by atoms with Crippen molar-refractivity contribution in [2.75, 3.05) is 5.32 Å². The Labute approximate surface area is 198 Å². The summed E-state index contributed by atoms with van der Waals surface area (Å²) in [6.45, 7) is 2.08. The van der Waals surface area contributed by atoms with Crippen molar-refractivity contribution < 1.29 is 13.9 Å². The summed E-state index contributed by atoms with van der Waals surface area (Å²) >= 11 is 0. The molecule has 3 aromatic heterocycles. The van der Waals surface area contributed by atoms with Crippen LogP contribution in [0.2, 0.25) is 0 Å². The molecule has 10 heteroatoms. The van der Waals surface area contributed by atoms with Gasteiger partial charge in [-0.15, -0.1) is 0 Å². The zero-order chi connectivity index (χ0) is 24.4. The Bertz CT molecular complexity index is 1600. The zero-order valence-corrected chi connectivity index (χ0v) is 18.5. The van der Waals surface area contributed by atoms with Gasteiger partial charge in [-0.25, -0.2) is 14.4 Å². The first-order chi connectivity index (χ1) is 17.0. The first-order valence-electron chi connectivity index (χ1n) is 10.7. The van der Waals surface area contributed by atoms with E-state index in [-0.39, 0.29) is 17.1 Å². The minimum Gasteiger partial charge on any atom is -0.453 e. The van der Waals surface area contributed by atoms with Gasteiger partial charge < -0.3 is 14.6 Å². The summed E-state index contributed by atoms with van der Waals surface area (Å²) in [5.74, 6) is -1.09. The summed E-state index contributed by atoms with van der Waals surface area (Å²) < 4.78 is 21.9. The lowest BCUT2D eigenvalue weighted by Gasteiger charge is -2.11. The molecule has 0 unspecified atom stereocenters. The molecule has 0 aliphatic heterocycles. The topological polar surface area (TPSA) is 115 Å². The average molecular weight is 470 g/mol. The molecule has 3 heterocycles. The summed E-state index contributed by atoms with van der Waals surface area (Å²) in [5, 5.41) is 10.0. The van der Waals surface area contributed by atoms with Gasteiger partial charge in [-0.2, -0.15) is 5.10 Å². The summed E-state index contributed by atoms with van der Waals surface area (Å²) in [5.41, 5.74) is 1.41. The second-order valence-corrected chi connectivity index (χ2v) is 7.74. The number of nitrogens with one attached hydrogen (secondary N) is 2. The maximum atomic E-state index is 14.8. The van der Waals surface area contributed by atoms with Crippen LogP contribution in [0.5, 0.6) is 11.5 Å². The van der Waals surface area contributed by atoms with Gasteiger partial charge in [-0.1, -0.05) is 30.3 Å². The van der Waals surface area contributed by atoms with Gasteiger partial charge in [-0.3, -0.25) is 14.7 Å². The number of rotatable bonds is 6. The molecule has 2 aromatic carbocycles. The monoisotopic (exact) mass is 470 g/mol. The largest absolute Gasteiger partial charge is 0.453 e. The SMILES string of the molecule is Cc1n[nH]c2nccc(Oc3ccc(NC(=O)c4nccn(Cc5ccccc5)c4=O)cc3F)c12. The van der Waals surface area contributed by atoms with E-state index in [2.05, 4.69) is 25.5 Å². The first kappa shape index (κ1) is 22.0. The van der Waals surface area contributed by atoms with E-state index in [1.807, 2.05) is 30.3 Å². The van der Waals surface area contributed by atoms with Gasteiger partial charge in [-0.05, 0) is 30.7 Å². The third-order valence-corrected chi connectivity index (χ3v) is 5.34. The van der Waals surface area contributed by atoms with E-state index in [9.17, 15) is 14.0 Å². The van der Waals surface area contributed by atoms with E-state index in [1.54, 1.807) is 13.0 Å². The summed E-state index contributed by atoms with van der Waals surface area (Å²) in [6.07, 6.45) is 4.42. The molecular formula is C25H19FN6O3. The molecule has 0 spiro atoms. The summed E-state index contributed by atoms with van der Waals surface area (Å²) in [4.78, 5) is 33.6. The number of ether oxygens (including phenoxy) is 1. The van der Waals surface area contributed by atoms with Gasteiger partial charge in [0, 0.05) is 30.3 Å². The minimum atomic E-state index is -0.740. The predicted octanol–water partition coefficient (Wildman–Crippen LogP) is 4.06. The highest BCUT2D eigenvalue weighted by Gasteiger charge is 2.17. The number of amides is 1. The highest BCUT2D eigenvalue weighted by Crippen LogP contribution is 2.32. The fourth-order valence-electron chi connectivity index (χ4n) is 3.63. The Morgan fingerprint density at radius 1 is 1.09 bits per heavy atom. The number of anilines is 1. The van der Waals surface area contributed by atoms with Crippen LogP contribution in [-0.2, 0) is 6.54 Å². The van der Waals surface area contributed by atoms with Crippen molar-refractivity contribution in [3.05, 3.63) is 106 Å². The van der Waals surface area contributed by atoms with Crippen LogP contribution in [0.1, 0.15) is 21.7 Å². The highest BCUT2D eigenvalue weighted by atomic mass is 19.1. The number of aryl methyl sites for hydroxylation is 1. The molecular weight excluding hydrogens is 451 g/mol. The molecule has 1 amide bonds. The molecule has 35 heavy (non-hydrogen) atoms. The molecule has 0 saturated heterocycles. The Kier molecular flexibility index (Phi) is 5.76. The molecule has 174 valence electrons. The number of H-pyrrole nitrogens is 1. The lowest BCUT2D eigenvalue weighted by Crippen LogP contribution is -2.30. The van der Waals surface area contributed by atoms with Crippen LogP contribution in [0.25, 0.3) is 11.0 Å². The zero-order valence-electron chi connectivity index (χ0n) is 18.5. The number of pyridine rings is 1. The van der Waals surface area contributed by atoms with E-state index in [0.717, 1.165) is 11.6 Å². The predicted molar refractivity (Wildman–Crippen MR) is 127 cm³/mol. The van der Waals surface area contributed by atoms with Crippen LogP contribution in [0.4, 0.5) is 10.1 Å². The van der Waals surface area contributed by atoms with E-state index in [4.69, 9.17) is 4.74 Å². The van der Waals surface area contributed by atoms with Crippen LogP contribution < -0.4 is 15.6 Å². The van der Waals surface area contributed by atoms with Crippen LogP contribution in [-0.4, -0.2) is 30.6 Å². The number of fused-ring (bicyclic) bond motifs is 1. The van der Waals surface area contributed by atoms with Crippen molar-refractivity contribution in [3.8, 4) is 11.5 Å². The van der Waals surface area contributed by atoms with Gasteiger partial charge in [0.25, 0.3) is 11.5 Å². The lowest BCUT2D eigenvalue weighted by molar-refractivity contribution is 0.102. The standard InChI is InChI=1S/C25H19FN6O3/c1-15-21-20(9-10-28-23(21)31-30-15)35-19-8-7-17(13-18(19)26)29-24(33)22-25(34)32(12-11-27-22)14-16-5-3-2-4-6-16/h2-13H,14H2,1H3,(H,29,33)(H,28,30,31). The second kappa shape index (κ2) is 9.18. The average Bonchev–Trinajstić information content (AvgIpc) is 3.24. The number of carbonyl (C=O) groups is 1. The Morgan fingerprint density at radius 2 is 1.91 bits per heavy atom. The number of hydrogen-bond acceptors (Lipinski definition) is 6. The summed E-state index contributed by atoms with van der Waals surface area (Å²) in [6, 6.07) is 15.0. The smallest absolute Gasteiger partial charge is 0.282 e. The molecule has 2 N–H and O–H groups in total. The molecule has 0 fully saturated rings. The van der Waals surface area contributed by atoms with Crippen LogP contribution in [0.3, 0.4) is 0 Å². The molecule has 0 saturated carbocycles. The number of aromatic amines is 1. The fraction of sp³-hybridized carbons (Fsp3) is 0.0800. The van der Waals surface area contributed by atoms with Crippen LogP contribution >= 0.6 is 0 Å². The maximum absolute atomic E-state index is 14.8. The number of carbonyl (C=O) groups excluding carboxylic acids is 1. The van der Waals surface area contributed by atoms with E-state index in [0.29, 0.717) is 29.0 Å². The van der Waals surface area contributed by atoms with Crippen molar-refractivity contribution in [2.45, 2.75) is 13.5 Å². The van der Waals surface area contributed by atoms with Crippen molar-refractivity contribution >= 4 is 22.6 Å². The highest BCUT2D eigenvalue weighted by molar-refractivity contribution is 6.02. The van der Waals surface area contributed by atoms with E-state index in [1.165, 1.54) is 35.3 Å². The Morgan fingerprint density at radius 3 is 2.71 bits per heavy atom. The summed E-state index contributed by atoms with van der Waals surface area (Å²) in [7, 11) is 0. The second-order valence-electron chi connectivity index (χ2n) is 7.74. The van der Waals surface area contributed by atoms with Crippen LogP contribution in [0.15, 0.2) is 78.0 Å². The Hall–Kier alpha value is -4.86. The third kappa shape index (κ3) is 4.49. The van der Waals surface area contributed by atoms with Gasteiger partial charge in [0.2, 0.25) is 0 Å². The molecule has 0 radical (unpaired) electrons. The van der Waals surface area contributed by atoms with Crippen molar-refractivity contribution in [2.24, 2.45) is 0 Å². The minimum absolute atomic E-state index is 0.0425. The van der Waals surface area contributed by atoms with Crippen molar-refractivity contribution in [1.29, 1.82) is 0 Å². The van der Waals surface area contributed by atoms with E-state index < -0.39 is 17.3 Å². The number of nitrogens with zero attached hydrogens (tertiary/aromatic N) is 4. The van der Waals surface area contributed by atoms with Gasteiger partial charge in [0.05, 0.1) is 17.6 Å². The Balaban J connectivity index is 1.34. The first-order valence-corrected chi connectivity index (χ1v) is 10.7. The number of benzene rings is 2. The van der Waals surface area contributed by atoms with Gasteiger partial charge >= 0.3 is 0 Å². The molecule has 0 aliphatic carbocycles. The lowest BCUT2D eigenvalue weighted by atomic mass is 10.2. The maximum Gasteiger partial charge on any atom is 0.282 e. The molecule has 0 atom stereocenters. The normalized spacial score (nSPS) is 10.9. The number of hydrogen-bond donors (Lipinski definition) is 2.